The molecule has 0 atom stereocenters. The van der Waals surface area contributed by atoms with Crippen molar-refractivity contribution in [3.63, 3.8) is 0 Å². The summed E-state index contributed by atoms with van der Waals surface area (Å²) in [5.74, 6) is 0.428. The highest BCUT2D eigenvalue weighted by Gasteiger charge is 2.22. The molecule has 0 spiro atoms. The van der Waals surface area contributed by atoms with Crippen molar-refractivity contribution < 1.29 is 13.2 Å². The van der Waals surface area contributed by atoms with Crippen LogP contribution in [0.25, 0.3) is 0 Å². The summed E-state index contributed by atoms with van der Waals surface area (Å²) in [5, 5.41) is 2.80. The second-order valence-corrected chi connectivity index (χ2v) is 11.9. The summed E-state index contributed by atoms with van der Waals surface area (Å²) >= 11 is 1.74. The molecule has 1 amide bonds. The lowest BCUT2D eigenvalue weighted by Crippen LogP contribution is -2.37. The van der Waals surface area contributed by atoms with Gasteiger partial charge < -0.3 is 5.32 Å². The number of rotatable bonds is 8. The molecule has 0 saturated heterocycles. The van der Waals surface area contributed by atoms with Gasteiger partial charge in [-0.2, -0.15) is 0 Å². The zero-order chi connectivity index (χ0) is 24.1. The number of nitrogens with zero attached hydrogens (tertiary/aromatic N) is 1. The predicted octanol–water partition coefficient (Wildman–Crippen LogP) is 5.68. The Morgan fingerprint density at radius 1 is 0.909 bits per heavy atom. The molecule has 0 aliphatic rings. The highest BCUT2D eigenvalue weighted by molar-refractivity contribution is 7.98. The minimum Gasteiger partial charge on any atom is -0.325 e. The third-order valence-corrected chi connectivity index (χ3v) is 7.32. The van der Waals surface area contributed by atoms with Crippen molar-refractivity contribution in [1.82, 2.24) is 0 Å². The van der Waals surface area contributed by atoms with E-state index in [1.54, 1.807) is 23.9 Å². The van der Waals surface area contributed by atoms with Gasteiger partial charge in [-0.3, -0.25) is 9.10 Å². The van der Waals surface area contributed by atoms with Crippen molar-refractivity contribution in [2.45, 2.75) is 36.8 Å². The molecule has 0 unspecified atom stereocenters. The van der Waals surface area contributed by atoms with Crippen molar-refractivity contribution in [2.75, 3.05) is 22.4 Å². The highest BCUT2D eigenvalue weighted by Crippen LogP contribution is 2.26. The van der Waals surface area contributed by atoms with Gasteiger partial charge >= 0.3 is 0 Å². The summed E-state index contributed by atoms with van der Waals surface area (Å²) in [6, 6.07) is 25.1. The molecule has 0 aromatic heterocycles. The summed E-state index contributed by atoms with van der Waals surface area (Å²) in [6.45, 7) is 5.99. The Balaban J connectivity index is 1.63. The van der Waals surface area contributed by atoms with Gasteiger partial charge in [0.15, 0.2) is 0 Å². The van der Waals surface area contributed by atoms with Crippen molar-refractivity contribution in [3.8, 4) is 0 Å². The third kappa shape index (κ3) is 7.37. The van der Waals surface area contributed by atoms with Gasteiger partial charge in [-0.05, 0) is 52.9 Å². The van der Waals surface area contributed by atoms with Crippen LogP contribution in [0.4, 0.5) is 11.4 Å². The molecule has 3 rings (SSSR count). The van der Waals surface area contributed by atoms with E-state index in [2.05, 4.69) is 38.2 Å². The molecular formula is C26H30N2O3S2. The fourth-order valence-electron chi connectivity index (χ4n) is 3.23. The van der Waals surface area contributed by atoms with E-state index in [0.29, 0.717) is 11.4 Å². The Kier molecular flexibility index (Phi) is 7.87. The largest absolute Gasteiger partial charge is 0.325 e. The molecule has 0 bridgehead atoms. The Hall–Kier alpha value is -2.77. The van der Waals surface area contributed by atoms with Gasteiger partial charge in [0.05, 0.1) is 11.9 Å². The second-order valence-electron chi connectivity index (χ2n) is 8.91. The van der Waals surface area contributed by atoms with E-state index >= 15 is 0 Å². The monoisotopic (exact) mass is 482 g/mol. The fraction of sp³-hybridized carbons (Fsp3) is 0.269. The van der Waals surface area contributed by atoms with Crippen LogP contribution in [-0.4, -0.2) is 27.1 Å². The zero-order valence-electron chi connectivity index (χ0n) is 19.4. The number of anilines is 2. The summed E-state index contributed by atoms with van der Waals surface area (Å²) in [5.41, 5.74) is 3.28. The van der Waals surface area contributed by atoms with Gasteiger partial charge in [-0.1, -0.05) is 63.2 Å². The van der Waals surface area contributed by atoms with E-state index in [0.717, 1.165) is 27.4 Å². The van der Waals surface area contributed by atoms with Crippen molar-refractivity contribution in [2.24, 2.45) is 0 Å². The second kappa shape index (κ2) is 10.4. The maximum Gasteiger partial charge on any atom is 0.245 e. The van der Waals surface area contributed by atoms with E-state index in [4.69, 9.17) is 0 Å². The molecule has 0 heterocycles. The quantitative estimate of drug-likeness (QED) is 0.420. The van der Waals surface area contributed by atoms with Crippen LogP contribution in [0.3, 0.4) is 0 Å². The first-order chi connectivity index (χ1) is 15.5. The average Bonchev–Trinajstić information content (AvgIpc) is 2.76. The minimum absolute atomic E-state index is 0.0441. The van der Waals surface area contributed by atoms with Crippen molar-refractivity contribution in [3.05, 3.63) is 90.0 Å². The van der Waals surface area contributed by atoms with E-state index in [9.17, 15) is 13.2 Å². The lowest BCUT2D eigenvalue weighted by Gasteiger charge is -2.24. The van der Waals surface area contributed by atoms with Crippen LogP contribution >= 0.6 is 11.8 Å². The maximum absolute atomic E-state index is 12.6. The van der Waals surface area contributed by atoms with Crippen LogP contribution in [0.1, 0.15) is 31.9 Å². The van der Waals surface area contributed by atoms with Crippen LogP contribution in [0, 0.1) is 0 Å². The number of carbonyl (C=O) groups excluding carboxylic acids is 1. The molecule has 0 saturated carbocycles. The zero-order valence-corrected chi connectivity index (χ0v) is 21.0. The fourth-order valence-corrected chi connectivity index (χ4v) is 4.96. The molecule has 0 fully saturated rings. The number of amides is 1. The van der Waals surface area contributed by atoms with Gasteiger partial charge in [-0.15, -0.1) is 11.8 Å². The summed E-state index contributed by atoms with van der Waals surface area (Å²) in [6.07, 6.45) is 1.11. The van der Waals surface area contributed by atoms with Crippen LogP contribution in [0.5, 0.6) is 0 Å². The van der Waals surface area contributed by atoms with Crippen LogP contribution in [0.15, 0.2) is 83.8 Å². The molecule has 3 aromatic rings. The SMILES string of the molecule is CC(C)(C)c1ccc(N(CC(=O)Nc2ccc(CSc3ccccc3)cc2)S(C)(=O)=O)cc1. The normalized spacial score (nSPS) is 11.8. The van der Waals surface area contributed by atoms with Crippen LogP contribution < -0.4 is 9.62 Å². The molecule has 174 valence electrons. The van der Waals surface area contributed by atoms with Gasteiger partial charge in [0.2, 0.25) is 15.9 Å². The minimum atomic E-state index is -3.62. The Morgan fingerprint density at radius 3 is 2.06 bits per heavy atom. The number of hydrogen-bond donors (Lipinski definition) is 1. The third-order valence-electron chi connectivity index (χ3n) is 5.10. The standard InChI is InChI=1S/C26H30N2O3S2/c1-26(2,3)21-12-16-23(17-13-21)28(33(4,30)31)18-25(29)27-22-14-10-20(11-15-22)19-32-24-8-6-5-7-9-24/h5-17H,18-19H2,1-4H3,(H,27,29). The molecule has 5 nitrogen and oxygen atoms in total. The van der Waals surface area contributed by atoms with Gasteiger partial charge in [-0.25, -0.2) is 8.42 Å². The molecule has 33 heavy (non-hydrogen) atoms. The summed E-state index contributed by atoms with van der Waals surface area (Å²) in [4.78, 5) is 13.8. The van der Waals surface area contributed by atoms with E-state index < -0.39 is 15.9 Å². The molecule has 0 aliphatic heterocycles. The van der Waals surface area contributed by atoms with E-state index in [1.807, 2.05) is 54.6 Å². The first-order valence-electron chi connectivity index (χ1n) is 10.7. The molecular weight excluding hydrogens is 452 g/mol. The smallest absolute Gasteiger partial charge is 0.245 e. The molecule has 3 aromatic carbocycles. The molecule has 0 radical (unpaired) electrons. The van der Waals surface area contributed by atoms with E-state index in [-0.39, 0.29) is 12.0 Å². The van der Waals surface area contributed by atoms with E-state index in [1.165, 1.54) is 4.90 Å². The number of hydrogen-bond acceptors (Lipinski definition) is 4. The summed E-state index contributed by atoms with van der Waals surface area (Å²) < 4.78 is 25.9. The number of benzene rings is 3. The van der Waals surface area contributed by atoms with Crippen molar-refractivity contribution >= 4 is 39.1 Å². The number of nitrogens with one attached hydrogen (secondary N) is 1. The average molecular weight is 483 g/mol. The number of thioether (sulfide) groups is 1. The van der Waals surface area contributed by atoms with Gasteiger partial charge in [0.25, 0.3) is 0 Å². The Bertz CT molecular complexity index is 1170. The van der Waals surface area contributed by atoms with Gasteiger partial charge in [0, 0.05) is 16.3 Å². The number of sulfonamides is 1. The summed E-state index contributed by atoms with van der Waals surface area (Å²) in [7, 11) is -3.62. The molecule has 7 heteroatoms. The van der Waals surface area contributed by atoms with Crippen LogP contribution in [0.2, 0.25) is 0 Å². The number of carbonyl (C=O) groups is 1. The first kappa shape index (κ1) is 24.9. The van der Waals surface area contributed by atoms with Gasteiger partial charge in [0.1, 0.15) is 6.54 Å². The molecule has 0 aliphatic carbocycles. The Labute approximate surface area is 201 Å². The highest BCUT2D eigenvalue weighted by atomic mass is 32.2. The topological polar surface area (TPSA) is 66.5 Å². The predicted molar refractivity (Wildman–Crippen MR) is 138 cm³/mol. The first-order valence-corrected chi connectivity index (χ1v) is 13.5. The molecule has 1 N–H and O–H groups in total. The maximum atomic E-state index is 12.6. The van der Waals surface area contributed by atoms with Crippen LogP contribution in [-0.2, 0) is 26.0 Å². The lowest BCUT2D eigenvalue weighted by molar-refractivity contribution is -0.114. The Morgan fingerprint density at radius 2 is 1.52 bits per heavy atom. The van der Waals surface area contributed by atoms with Crippen molar-refractivity contribution in [1.29, 1.82) is 0 Å². The lowest BCUT2D eigenvalue weighted by atomic mass is 9.87.